The lowest BCUT2D eigenvalue weighted by atomic mass is 10.1. The second kappa shape index (κ2) is 9.64. The molecule has 0 bridgehead atoms. The van der Waals surface area contributed by atoms with E-state index in [0.29, 0.717) is 24.6 Å². The van der Waals surface area contributed by atoms with Crippen LogP contribution in [0.4, 0.5) is 5.69 Å². The molecule has 1 N–H and O–H groups in total. The van der Waals surface area contributed by atoms with E-state index in [1.165, 1.54) is 30.0 Å². The third-order valence-corrected chi connectivity index (χ3v) is 4.85. The second-order valence-corrected chi connectivity index (χ2v) is 7.84. The number of hydrogen-bond donors (Lipinski definition) is 1. The van der Waals surface area contributed by atoms with Gasteiger partial charge in [-0.05, 0) is 50.1 Å². The van der Waals surface area contributed by atoms with Crippen LogP contribution < -0.4 is 10.1 Å². The molecule has 2 aromatic rings. The van der Waals surface area contributed by atoms with Crippen molar-refractivity contribution >= 4 is 29.4 Å². The maximum Gasteiger partial charge on any atom is 0.338 e. The summed E-state index contributed by atoms with van der Waals surface area (Å²) in [6.45, 7) is 7.83. The van der Waals surface area contributed by atoms with E-state index in [0.717, 1.165) is 0 Å². The molecule has 0 fully saturated rings. The first-order chi connectivity index (χ1) is 15.2. The van der Waals surface area contributed by atoms with Crippen molar-refractivity contribution in [2.75, 3.05) is 18.5 Å². The molecule has 0 aliphatic carbocycles. The average Bonchev–Trinajstić information content (AvgIpc) is 2.99. The quantitative estimate of drug-likeness (QED) is 0.500. The van der Waals surface area contributed by atoms with Crippen LogP contribution in [0.3, 0.4) is 0 Å². The third kappa shape index (κ3) is 4.80. The van der Waals surface area contributed by atoms with Crippen molar-refractivity contribution in [1.82, 2.24) is 4.90 Å². The smallest absolute Gasteiger partial charge is 0.338 e. The molecule has 8 nitrogen and oxygen atoms in total. The van der Waals surface area contributed by atoms with Gasteiger partial charge in [0.1, 0.15) is 5.75 Å². The summed E-state index contributed by atoms with van der Waals surface area (Å²) < 4.78 is 10.8. The topological polar surface area (TPSA) is 102 Å². The molecule has 3 rings (SSSR count). The first-order valence-corrected chi connectivity index (χ1v) is 10.5. The summed E-state index contributed by atoms with van der Waals surface area (Å²) in [5.74, 6) is -1.48. The Morgan fingerprint density at radius 3 is 2.38 bits per heavy atom. The zero-order valence-corrected chi connectivity index (χ0v) is 18.5. The van der Waals surface area contributed by atoms with Crippen LogP contribution in [0.2, 0.25) is 0 Å². The van der Waals surface area contributed by atoms with Crippen LogP contribution in [-0.4, -0.2) is 47.8 Å². The lowest BCUT2D eigenvalue weighted by Crippen LogP contribution is -2.33. The summed E-state index contributed by atoms with van der Waals surface area (Å²) in [5, 5.41) is 2.68. The van der Waals surface area contributed by atoms with Crippen molar-refractivity contribution in [1.29, 1.82) is 0 Å². The molecule has 1 aliphatic heterocycles. The summed E-state index contributed by atoms with van der Waals surface area (Å²) in [7, 11) is 0. The maximum absolute atomic E-state index is 12.6. The van der Waals surface area contributed by atoms with Crippen LogP contribution in [-0.2, 0) is 9.53 Å². The van der Waals surface area contributed by atoms with Gasteiger partial charge in [0.25, 0.3) is 17.7 Å². The number of ether oxygens (including phenoxy) is 2. The zero-order valence-electron chi connectivity index (χ0n) is 18.5. The van der Waals surface area contributed by atoms with Crippen LogP contribution in [0.25, 0.3) is 0 Å². The molecule has 1 heterocycles. The van der Waals surface area contributed by atoms with Gasteiger partial charge < -0.3 is 14.8 Å². The predicted molar refractivity (Wildman–Crippen MR) is 118 cm³/mol. The number of benzene rings is 2. The zero-order chi connectivity index (χ0) is 23.4. The van der Waals surface area contributed by atoms with E-state index in [-0.39, 0.29) is 28.5 Å². The Kier molecular flexibility index (Phi) is 6.92. The van der Waals surface area contributed by atoms with Crippen molar-refractivity contribution in [3.05, 3.63) is 59.2 Å². The van der Waals surface area contributed by atoms with E-state index < -0.39 is 23.9 Å². The van der Waals surface area contributed by atoms with Crippen molar-refractivity contribution in [3.8, 4) is 5.75 Å². The van der Waals surface area contributed by atoms with Gasteiger partial charge in [-0.3, -0.25) is 19.3 Å². The fraction of sp³-hybridized carbons (Fsp3) is 0.333. The minimum absolute atomic E-state index is 0.0886. The summed E-state index contributed by atoms with van der Waals surface area (Å²) in [4.78, 5) is 51.4. The highest BCUT2D eigenvalue weighted by Gasteiger charge is 2.36. The second-order valence-electron chi connectivity index (χ2n) is 7.84. The van der Waals surface area contributed by atoms with Gasteiger partial charge in [-0.15, -0.1) is 0 Å². The highest BCUT2D eigenvalue weighted by Crippen LogP contribution is 2.26. The molecule has 0 saturated carbocycles. The van der Waals surface area contributed by atoms with Crippen molar-refractivity contribution in [2.45, 2.75) is 33.8 Å². The van der Waals surface area contributed by atoms with Crippen molar-refractivity contribution in [3.63, 3.8) is 0 Å². The summed E-state index contributed by atoms with van der Waals surface area (Å²) in [6.07, 6.45) is -1.10. The average molecular weight is 438 g/mol. The number of amides is 3. The van der Waals surface area contributed by atoms with E-state index >= 15 is 0 Å². The minimum Gasteiger partial charge on any atom is -0.492 e. The van der Waals surface area contributed by atoms with Gasteiger partial charge in [0.2, 0.25) is 0 Å². The third-order valence-electron chi connectivity index (χ3n) is 4.85. The first kappa shape index (κ1) is 23.0. The Morgan fingerprint density at radius 1 is 1.00 bits per heavy atom. The molecule has 168 valence electrons. The molecule has 0 spiro atoms. The molecule has 3 amide bonds. The molecule has 1 atom stereocenters. The Balaban J connectivity index is 1.69. The SMILES string of the molecule is CCOc1ccccc1NC(=O)C(C)OC(=O)c1ccc2c(c1)C(=O)N(CC(C)C)C2=O. The molecule has 0 saturated heterocycles. The minimum atomic E-state index is -1.10. The number of carbonyl (C=O) groups excluding carboxylic acids is 4. The lowest BCUT2D eigenvalue weighted by molar-refractivity contribution is -0.123. The Bertz CT molecular complexity index is 1060. The van der Waals surface area contributed by atoms with E-state index in [2.05, 4.69) is 5.32 Å². The number of nitrogens with one attached hydrogen (secondary N) is 1. The first-order valence-electron chi connectivity index (χ1n) is 10.5. The monoisotopic (exact) mass is 438 g/mol. The van der Waals surface area contributed by atoms with E-state index in [4.69, 9.17) is 9.47 Å². The summed E-state index contributed by atoms with van der Waals surface area (Å²) in [6, 6.07) is 11.1. The van der Waals surface area contributed by atoms with Gasteiger partial charge in [0.15, 0.2) is 6.10 Å². The summed E-state index contributed by atoms with van der Waals surface area (Å²) in [5.41, 5.74) is 0.971. The van der Waals surface area contributed by atoms with E-state index in [1.54, 1.807) is 24.3 Å². The maximum atomic E-state index is 12.6. The van der Waals surface area contributed by atoms with E-state index in [9.17, 15) is 19.2 Å². The molecule has 1 unspecified atom stereocenters. The lowest BCUT2D eigenvalue weighted by Gasteiger charge is -2.16. The molecule has 0 aromatic heterocycles. The Morgan fingerprint density at radius 2 is 1.69 bits per heavy atom. The fourth-order valence-electron chi connectivity index (χ4n) is 3.32. The highest BCUT2D eigenvalue weighted by atomic mass is 16.5. The number of imide groups is 1. The van der Waals surface area contributed by atoms with Crippen LogP contribution in [0, 0.1) is 5.92 Å². The molecule has 1 aliphatic rings. The van der Waals surface area contributed by atoms with Gasteiger partial charge in [0, 0.05) is 6.54 Å². The normalized spacial score (nSPS) is 13.7. The van der Waals surface area contributed by atoms with Crippen LogP contribution in [0.1, 0.15) is 58.8 Å². The van der Waals surface area contributed by atoms with Gasteiger partial charge in [-0.25, -0.2) is 4.79 Å². The Labute approximate surface area is 186 Å². The van der Waals surface area contributed by atoms with Crippen molar-refractivity contribution < 1.29 is 28.7 Å². The number of hydrogen-bond acceptors (Lipinski definition) is 6. The summed E-state index contributed by atoms with van der Waals surface area (Å²) >= 11 is 0. The number of esters is 1. The largest absolute Gasteiger partial charge is 0.492 e. The van der Waals surface area contributed by atoms with Crippen LogP contribution in [0.5, 0.6) is 5.75 Å². The number of nitrogens with zero attached hydrogens (tertiary/aromatic N) is 1. The van der Waals surface area contributed by atoms with Crippen LogP contribution >= 0.6 is 0 Å². The van der Waals surface area contributed by atoms with Crippen LogP contribution in [0.15, 0.2) is 42.5 Å². The molecular formula is C24H26N2O6. The molecular weight excluding hydrogens is 412 g/mol. The number of rotatable bonds is 8. The standard InChI is InChI=1S/C24H26N2O6/c1-5-31-20-9-7-6-8-19(20)25-21(27)15(4)32-24(30)16-10-11-17-18(12-16)23(29)26(22(17)28)13-14(2)3/h6-12,14-15H,5,13H2,1-4H3,(H,25,27). The fourth-order valence-corrected chi connectivity index (χ4v) is 3.32. The molecule has 8 heteroatoms. The van der Waals surface area contributed by atoms with E-state index in [1.807, 2.05) is 20.8 Å². The van der Waals surface area contributed by atoms with Gasteiger partial charge in [-0.1, -0.05) is 26.0 Å². The molecule has 0 radical (unpaired) electrons. The molecule has 2 aromatic carbocycles. The number of para-hydroxylation sites is 2. The Hall–Kier alpha value is -3.68. The highest BCUT2D eigenvalue weighted by molar-refractivity contribution is 6.22. The number of carbonyl (C=O) groups is 4. The predicted octanol–water partition coefficient (Wildman–Crippen LogP) is 3.52. The van der Waals surface area contributed by atoms with Gasteiger partial charge in [0.05, 0.1) is 29.0 Å². The van der Waals surface area contributed by atoms with Gasteiger partial charge >= 0.3 is 5.97 Å². The number of anilines is 1. The number of fused-ring (bicyclic) bond motifs is 1. The molecule has 32 heavy (non-hydrogen) atoms. The van der Waals surface area contributed by atoms with Gasteiger partial charge in [-0.2, -0.15) is 0 Å². The van der Waals surface area contributed by atoms with Crippen molar-refractivity contribution in [2.24, 2.45) is 5.92 Å².